The number of carboxylic acids is 1. The van der Waals surface area contributed by atoms with Crippen molar-refractivity contribution in [1.82, 2.24) is 0 Å². The molecule has 0 bridgehead atoms. The minimum atomic E-state index is -3.90. The van der Waals surface area contributed by atoms with Crippen molar-refractivity contribution >= 4 is 58.3 Å². The number of halogens is 1. The molecule has 3 rings (SSSR count). The molecule has 3 aromatic rings. The maximum absolute atomic E-state index is 13.3. The van der Waals surface area contributed by atoms with Gasteiger partial charge in [-0.05, 0) is 46.3 Å². The van der Waals surface area contributed by atoms with Gasteiger partial charge in [-0.25, -0.2) is 13.2 Å². The fourth-order valence-electron chi connectivity index (χ4n) is 2.56. The van der Waals surface area contributed by atoms with Gasteiger partial charge in [-0.1, -0.05) is 18.2 Å². The summed E-state index contributed by atoms with van der Waals surface area (Å²) in [6.45, 7) is 0.345. The quantitative estimate of drug-likeness (QED) is 0.560. The number of sulfonamides is 1. The molecule has 2 aromatic carbocycles. The van der Waals surface area contributed by atoms with E-state index in [-0.39, 0.29) is 23.6 Å². The third kappa shape index (κ3) is 3.86. The lowest BCUT2D eigenvalue weighted by Gasteiger charge is -2.23. The van der Waals surface area contributed by atoms with Gasteiger partial charge in [-0.2, -0.15) is 0 Å². The summed E-state index contributed by atoms with van der Waals surface area (Å²) in [5.41, 5.74) is 0.0282. The highest BCUT2D eigenvalue weighted by atomic mass is 79.9. The van der Waals surface area contributed by atoms with Crippen molar-refractivity contribution in [2.75, 3.05) is 24.6 Å². The molecule has 9 heteroatoms. The van der Waals surface area contributed by atoms with Gasteiger partial charge in [0.05, 0.1) is 28.1 Å². The lowest BCUT2D eigenvalue weighted by atomic mass is 10.2. The van der Waals surface area contributed by atoms with Gasteiger partial charge in [0.1, 0.15) is 5.00 Å². The first-order valence-electron chi connectivity index (χ1n) is 7.88. The van der Waals surface area contributed by atoms with E-state index in [1.165, 1.54) is 47.0 Å². The van der Waals surface area contributed by atoms with Crippen LogP contribution in [0.4, 0.5) is 5.00 Å². The topological polar surface area (TPSA) is 83.9 Å². The molecule has 0 unspecified atom stereocenters. The van der Waals surface area contributed by atoms with Gasteiger partial charge in [-0.15, -0.1) is 11.3 Å². The van der Waals surface area contributed by atoms with Crippen molar-refractivity contribution in [1.29, 1.82) is 0 Å². The SMILES string of the molecule is COCCN(c1sc2ccccc2c1Br)S(=O)(=O)c1ccc(C(=O)O)cc1. The number of methoxy groups -OCH3 is 1. The number of benzene rings is 2. The average Bonchev–Trinajstić information content (AvgIpc) is 2.99. The van der Waals surface area contributed by atoms with Crippen LogP contribution in [0.5, 0.6) is 0 Å². The second kappa shape index (κ2) is 7.97. The predicted molar refractivity (Wildman–Crippen MR) is 109 cm³/mol. The van der Waals surface area contributed by atoms with Crippen molar-refractivity contribution in [3.63, 3.8) is 0 Å². The summed E-state index contributed by atoms with van der Waals surface area (Å²) >= 11 is 4.89. The molecular weight excluding hydrogens is 454 g/mol. The number of hydrogen-bond acceptors (Lipinski definition) is 5. The summed E-state index contributed by atoms with van der Waals surface area (Å²) in [6, 6.07) is 12.8. The molecule has 0 saturated carbocycles. The smallest absolute Gasteiger partial charge is 0.335 e. The molecule has 27 heavy (non-hydrogen) atoms. The molecule has 1 N–H and O–H groups in total. The summed E-state index contributed by atoms with van der Waals surface area (Å²) in [6.07, 6.45) is 0. The van der Waals surface area contributed by atoms with E-state index in [0.717, 1.165) is 10.1 Å². The molecule has 0 amide bonds. The number of carboxylic acid groups (broad SMARTS) is 1. The molecule has 0 radical (unpaired) electrons. The van der Waals surface area contributed by atoms with Gasteiger partial charge >= 0.3 is 5.97 Å². The number of hydrogen-bond donors (Lipinski definition) is 1. The van der Waals surface area contributed by atoms with Crippen molar-refractivity contribution in [2.45, 2.75) is 4.90 Å². The summed E-state index contributed by atoms with van der Waals surface area (Å²) in [5, 5.41) is 10.5. The van der Waals surface area contributed by atoms with Crippen LogP contribution in [0.15, 0.2) is 57.9 Å². The Kier molecular flexibility index (Phi) is 5.85. The first-order chi connectivity index (χ1) is 12.9. The molecule has 0 aliphatic carbocycles. The third-order valence-corrected chi connectivity index (χ3v) is 8.12. The molecule has 142 valence electrons. The molecule has 0 fully saturated rings. The number of rotatable bonds is 7. The fraction of sp³-hybridized carbons (Fsp3) is 0.167. The Morgan fingerprint density at radius 1 is 1.19 bits per heavy atom. The van der Waals surface area contributed by atoms with Gasteiger partial charge in [0.25, 0.3) is 10.0 Å². The van der Waals surface area contributed by atoms with Crippen LogP contribution in [0.2, 0.25) is 0 Å². The van der Waals surface area contributed by atoms with Gasteiger partial charge in [0, 0.05) is 17.2 Å². The number of fused-ring (bicyclic) bond motifs is 1. The number of aromatic carboxylic acids is 1. The van der Waals surface area contributed by atoms with Crippen molar-refractivity contribution in [3.05, 3.63) is 58.6 Å². The number of ether oxygens (including phenoxy) is 1. The van der Waals surface area contributed by atoms with E-state index in [0.29, 0.717) is 9.47 Å². The zero-order valence-electron chi connectivity index (χ0n) is 14.3. The summed E-state index contributed by atoms with van der Waals surface area (Å²) < 4.78 is 34.6. The van der Waals surface area contributed by atoms with E-state index >= 15 is 0 Å². The monoisotopic (exact) mass is 469 g/mol. The van der Waals surface area contributed by atoms with Crippen LogP contribution >= 0.6 is 27.3 Å². The van der Waals surface area contributed by atoms with Crippen LogP contribution in [-0.2, 0) is 14.8 Å². The number of nitrogens with zero attached hydrogens (tertiary/aromatic N) is 1. The number of anilines is 1. The lowest BCUT2D eigenvalue weighted by molar-refractivity contribution is 0.0696. The number of thiophene rings is 1. The fourth-order valence-corrected chi connectivity index (χ4v) is 6.41. The van der Waals surface area contributed by atoms with Crippen LogP contribution in [-0.4, -0.2) is 39.8 Å². The van der Waals surface area contributed by atoms with Crippen LogP contribution in [0.1, 0.15) is 10.4 Å². The van der Waals surface area contributed by atoms with Crippen LogP contribution in [0, 0.1) is 0 Å². The minimum Gasteiger partial charge on any atom is -0.478 e. The zero-order valence-corrected chi connectivity index (χ0v) is 17.5. The maximum atomic E-state index is 13.3. The Morgan fingerprint density at radius 2 is 1.85 bits per heavy atom. The van der Waals surface area contributed by atoms with Crippen molar-refractivity contribution in [2.24, 2.45) is 0 Å². The molecule has 1 heterocycles. The molecule has 0 saturated heterocycles. The molecule has 0 spiro atoms. The van der Waals surface area contributed by atoms with Crippen LogP contribution in [0.3, 0.4) is 0 Å². The van der Waals surface area contributed by atoms with E-state index in [4.69, 9.17) is 9.84 Å². The van der Waals surface area contributed by atoms with Gasteiger partial charge in [0.2, 0.25) is 0 Å². The summed E-state index contributed by atoms with van der Waals surface area (Å²) in [4.78, 5) is 11.0. The number of carbonyl (C=O) groups is 1. The summed E-state index contributed by atoms with van der Waals surface area (Å²) in [5.74, 6) is -1.11. The zero-order chi connectivity index (χ0) is 19.6. The standard InChI is InChI=1S/C18H16BrNO5S2/c1-25-11-10-20(17-16(19)14-4-2-3-5-15(14)26-17)27(23,24)13-8-6-12(7-9-13)18(21)22/h2-9H,10-11H2,1H3,(H,21,22). The minimum absolute atomic E-state index is 0.0213. The highest BCUT2D eigenvalue weighted by Crippen LogP contribution is 2.43. The van der Waals surface area contributed by atoms with Crippen molar-refractivity contribution < 1.29 is 23.1 Å². The van der Waals surface area contributed by atoms with E-state index in [1.54, 1.807) is 0 Å². The highest BCUT2D eigenvalue weighted by molar-refractivity contribution is 9.10. The Balaban J connectivity index is 2.10. The molecule has 6 nitrogen and oxygen atoms in total. The van der Waals surface area contributed by atoms with Crippen LogP contribution in [0.25, 0.3) is 10.1 Å². The van der Waals surface area contributed by atoms with E-state index in [2.05, 4.69) is 15.9 Å². The third-order valence-electron chi connectivity index (χ3n) is 3.93. The van der Waals surface area contributed by atoms with Crippen molar-refractivity contribution in [3.8, 4) is 0 Å². The van der Waals surface area contributed by atoms with Gasteiger partial charge in [0.15, 0.2) is 0 Å². The first kappa shape index (κ1) is 19.8. The average molecular weight is 470 g/mol. The van der Waals surface area contributed by atoms with Crippen LogP contribution < -0.4 is 4.31 Å². The molecule has 0 aliphatic rings. The second-order valence-electron chi connectivity index (χ2n) is 5.62. The lowest BCUT2D eigenvalue weighted by Crippen LogP contribution is -2.33. The molecular formula is C18H16BrNO5S2. The Bertz CT molecular complexity index is 1080. The normalized spacial score (nSPS) is 11.6. The van der Waals surface area contributed by atoms with E-state index in [9.17, 15) is 13.2 Å². The Hall–Kier alpha value is -1.94. The Morgan fingerprint density at radius 3 is 2.44 bits per heavy atom. The second-order valence-corrected chi connectivity index (χ2v) is 9.30. The van der Waals surface area contributed by atoms with E-state index in [1.807, 2.05) is 24.3 Å². The molecule has 1 aromatic heterocycles. The van der Waals surface area contributed by atoms with Gasteiger partial charge in [-0.3, -0.25) is 4.31 Å². The molecule has 0 atom stereocenters. The first-order valence-corrected chi connectivity index (χ1v) is 10.9. The van der Waals surface area contributed by atoms with E-state index < -0.39 is 16.0 Å². The largest absolute Gasteiger partial charge is 0.478 e. The van der Waals surface area contributed by atoms with Gasteiger partial charge < -0.3 is 9.84 Å². The summed E-state index contributed by atoms with van der Waals surface area (Å²) in [7, 11) is -2.39. The predicted octanol–water partition coefficient (Wildman–Crippen LogP) is 4.20. The molecule has 0 aliphatic heterocycles. The maximum Gasteiger partial charge on any atom is 0.335 e. The Labute approximate surface area is 169 Å². The highest BCUT2D eigenvalue weighted by Gasteiger charge is 2.28.